The molecule has 2 rings (SSSR count). The van der Waals surface area contributed by atoms with Gasteiger partial charge in [0.05, 0.1) is 28.4 Å². The number of nitrogens with one attached hydrogen (secondary N) is 1. The summed E-state index contributed by atoms with van der Waals surface area (Å²) in [6.07, 6.45) is 0. The van der Waals surface area contributed by atoms with Crippen LogP contribution in [-0.4, -0.2) is 25.6 Å². The van der Waals surface area contributed by atoms with Gasteiger partial charge in [-0.25, -0.2) is 4.79 Å². The molecular formula is C16H13Cl2NO4. The van der Waals surface area contributed by atoms with Gasteiger partial charge in [-0.3, -0.25) is 4.79 Å². The first-order chi connectivity index (χ1) is 11.0. The Kier molecular flexibility index (Phi) is 5.84. The van der Waals surface area contributed by atoms with E-state index in [1.165, 1.54) is 7.11 Å². The van der Waals surface area contributed by atoms with Crippen molar-refractivity contribution in [2.75, 3.05) is 19.0 Å². The van der Waals surface area contributed by atoms with Crippen LogP contribution in [0.3, 0.4) is 0 Å². The van der Waals surface area contributed by atoms with Crippen LogP contribution in [0.5, 0.6) is 5.75 Å². The van der Waals surface area contributed by atoms with E-state index in [0.717, 1.165) is 0 Å². The zero-order valence-corrected chi connectivity index (χ0v) is 13.6. The number of methoxy groups -OCH3 is 1. The Bertz CT molecular complexity index is 696. The predicted octanol–water partition coefficient (Wildman–Crippen LogP) is 3.80. The van der Waals surface area contributed by atoms with E-state index in [4.69, 9.17) is 32.7 Å². The van der Waals surface area contributed by atoms with Crippen LogP contribution in [0.15, 0.2) is 42.5 Å². The number of benzene rings is 2. The van der Waals surface area contributed by atoms with E-state index in [0.29, 0.717) is 21.4 Å². The van der Waals surface area contributed by atoms with E-state index in [2.05, 4.69) is 5.32 Å². The lowest BCUT2D eigenvalue weighted by Crippen LogP contribution is -2.21. The van der Waals surface area contributed by atoms with Gasteiger partial charge >= 0.3 is 5.97 Å². The van der Waals surface area contributed by atoms with Gasteiger partial charge in [-0.05, 0) is 36.4 Å². The minimum Gasteiger partial charge on any atom is -0.497 e. The van der Waals surface area contributed by atoms with Gasteiger partial charge in [0.1, 0.15) is 5.75 Å². The largest absolute Gasteiger partial charge is 0.497 e. The molecule has 120 valence electrons. The Morgan fingerprint density at radius 1 is 1.04 bits per heavy atom. The average molecular weight is 354 g/mol. The summed E-state index contributed by atoms with van der Waals surface area (Å²) in [6.45, 7) is -0.452. The van der Waals surface area contributed by atoms with Crippen LogP contribution in [-0.2, 0) is 9.53 Å². The lowest BCUT2D eigenvalue weighted by Gasteiger charge is -2.09. The van der Waals surface area contributed by atoms with Crippen molar-refractivity contribution in [2.24, 2.45) is 0 Å². The van der Waals surface area contributed by atoms with Crippen LogP contribution in [0.1, 0.15) is 10.4 Å². The maximum atomic E-state index is 11.8. The number of anilines is 1. The highest BCUT2D eigenvalue weighted by Crippen LogP contribution is 2.29. The van der Waals surface area contributed by atoms with Crippen molar-refractivity contribution < 1.29 is 19.1 Å². The molecule has 2 aromatic carbocycles. The maximum Gasteiger partial charge on any atom is 0.338 e. The molecule has 5 nitrogen and oxygen atoms in total. The molecule has 0 atom stereocenters. The van der Waals surface area contributed by atoms with E-state index < -0.39 is 18.5 Å². The standard InChI is InChI=1S/C16H13Cl2NO4/c1-22-11-7-5-10(6-8-11)16(21)23-9-14(20)19-15-12(17)3-2-4-13(15)18/h2-8H,9H2,1H3,(H,19,20). The molecule has 0 fully saturated rings. The van der Waals surface area contributed by atoms with Gasteiger partial charge in [0.15, 0.2) is 6.61 Å². The normalized spacial score (nSPS) is 10.0. The first-order valence-corrected chi connectivity index (χ1v) is 7.32. The van der Waals surface area contributed by atoms with Crippen LogP contribution in [0.4, 0.5) is 5.69 Å². The lowest BCUT2D eigenvalue weighted by atomic mass is 10.2. The molecule has 0 saturated carbocycles. The summed E-state index contributed by atoms with van der Waals surface area (Å²) in [5.41, 5.74) is 0.593. The Hall–Kier alpha value is -2.24. The molecule has 0 aliphatic rings. The van der Waals surface area contributed by atoms with Crippen LogP contribution in [0, 0.1) is 0 Å². The minimum atomic E-state index is -0.618. The van der Waals surface area contributed by atoms with E-state index in [9.17, 15) is 9.59 Å². The zero-order valence-electron chi connectivity index (χ0n) is 12.1. The van der Waals surface area contributed by atoms with Crippen molar-refractivity contribution >= 4 is 40.8 Å². The second-order valence-corrected chi connectivity index (χ2v) is 5.26. The second-order valence-electron chi connectivity index (χ2n) is 4.45. The minimum absolute atomic E-state index is 0.279. The second kappa shape index (κ2) is 7.85. The third-order valence-corrected chi connectivity index (χ3v) is 3.52. The summed E-state index contributed by atoms with van der Waals surface area (Å²) >= 11 is 11.9. The van der Waals surface area contributed by atoms with Crippen molar-refractivity contribution in [2.45, 2.75) is 0 Å². The maximum absolute atomic E-state index is 11.8. The number of rotatable bonds is 5. The number of amides is 1. The van der Waals surface area contributed by atoms with E-state index in [1.54, 1.807) is 42.5 Å². The van der Waals surface area contributed by atoms with Crippen LogP contribution in [0.2, 0.25) is 10.0 Å². The number of halogens is 2. The smallest absolute Gasteiger partial charge is 0.338 e. The summed E-state index contributed by atoms with van der Waals surface area (Å²) in [6, 6.07) is 11.2. The third kappa shape index (κ3) is 4.61. The van der Waals surface area contributed by atoms with Gasteiger partial charge in [-0.2, -0.15) is 0 Å². The number of hydrogen-bond acceptors (Lipinski definition) is 4. The van der Waals surface area contributed by atoms with Crippen molar-refractivity contribution in [1.82, 2.24) is 0 Å². The fourth-order valence-electron chi connectivity index (χ4n) is 1.73. The van der Waals surface area contributed by atoms with Crippen LogP contribution in [0.25, 0.3) is 0 Å². The molecule has 0 heterocycles. The Morgan fingerprint density at radius 2 is 1.65 bits per heavy atom. The van der Waals surface area contributed by atoms with Gasteiger partial charge in [0.2, 0.25) is 0 Å². The summed E-state index contributed by atoms with van der Waals surface area (Å²) < 4.78 is 9.93. The van der Waals surface area contributed by atoms with Gasteiger partial charge < -0.3 is 14.8 Å². The highest BCUT2D eigenvalue weighted by atomic mass is 35.5. The molecule has 0 radical (unpaired) electrons. The molecule has 0 aliphatic carbocycles. The van der Waals surface area contributed by atoms with Gasteiger partial charge in [-0.1, -0.05) is 29.3 Å². The SMILES string of the molecule is COc1ccc(C(=O)OCC(=O)Nc2c(Cl)cccc2Cl)cc1. The zero-order chi connectivity index (χ0) is 16.8. The Morgan fingerprint density at radius 3 is 2.22 bits per heavy atom. The summed E-state index contributed by atoms with van der Waals surface area (Å²) in [5, 5.41) is 3.10. The molecule has 0 unspecified atom stereocenters. The first kappa shape index (κ1) is 17.1. The average Bonchev–Trinajstić information content (AvgIpc) is 2.56. The van der Waals surface area contributed by atoms with Gasteiger partial charge in [-0.15, -0.1) is 0 Å². The number of para-hydroxylation sites is 1. The predicted molar refractivity (Wildman–Crippen MR) is 88.4 cm³/mol. The third-order valence-electron chi connectivity index (χ3n) is 2.89. The molecule has 0 aromatic heterocycles. The number of esters is 1. The van der Waals surface area contributed by atoms with Gasteiger partial charge in [0, 0.05) is 0 Å². The molecule has 0 aliphatic heterocycles. The van der Waals surface area contributed by atoms with Crippen LogP contribution >= 0.6 is 23.2 Å². The van der Waals surface area contributed by atoms with Gasteiger partial charge in [0.25, 0.3) is 5.91 Å². The summed E-state index contributed by atoms with van der Waals surface area (Å²) in [5.74, 6) is -0.539. The summed E-state index contributed by atoms with van der Waals surface area (Å²) in [7, 11) is 1.53. The van der Waals surface area contributed by atoms with E-state index in [-0.39, 0.29) is 5.69 Å². The highest BCUT2D eigenvalue weighted by molar-refractivity contribution is 6.39. The Balaban J connectivity index is 1.92. The van der Waals surface area contributed by atoms with E-state index >= 15 is 0 Å². The van der Waals surface area contributed by atoms with Crippen molar-refractivity contribution in [3.05, 3.63) is 58.1 Å². The topological polar surface area (TPSA) is 64.6 Å². The molecule has 0 bridgehead atoms. The number of carbonyl (C=O) groups excluding carboxylic acids is 2. The Labute approximate surface area is 143 Å². The molecule has 0 saturated heterocycles. The molecule has 7 heteroatoms. The number of carbonyl (C=O) groups is 2. The fourth-order valence-corrected chi connectivity index (χ4v) is 2.23. The molecule has 0 spiro atoms. The quantitative estimate of drug-likeness (QED) is 0.830. The number of ether oxygens (including phenoxy) is 2. The van der Waals surface area contributed by atoms with E-state index in [1.807, 2.05) is 0 Å². The molecule has 1 N–H and O–H groups in total. The molecule has 1 amide bonds. The first-order valence-electron chi connectivity index (χ1n) is 6.56. The lowest BCUT2D eigenvalue weighted by molar-refractivity contribution is -0.119. The summed E-state index contributed by atoms with van der Waals surface area (Å²) in [4.78, 5) is 23.7. The van der Waals surface area contributed by atoms with Crippen molar-refractivity contribution in [3.8, 4) is 5.75 Å². The van der Waals surface area contributed by atoms with Crippen LogP contribution < -0.4 is 10.1 Å². The van der Waals surface area contributed by atoms with Crippen molar-refractivity contribution in [3.63, 3.8) is 0 Å². The monoisotopic (exact) mass is 353 g/mol. The van der Waals surface area contributed by atoms with Crippen molar-refractivity contribution in [1.29, 1.82) is 0 Å². The molecule has 23 heavy (non-hydrogen) atoms. The molecule has 2 aromatic rings. The highest BCUT2D eigenvalue weighted by Gasteiger charge is 2.13. The fraction of sp³-hybridized carbons (Fsp3) is 0.125. The molecular weight excluding hydrogens is 341 g/mol. The number of hydrogen-bond donors (Lipinski definition) is 1.